The van der Waals surface area contributed by atoms with E-state index in [-0.39, 0.29) is 22.8 Å². The molecule has 0 spiro atoms. The maximum absolute atomic E-state index is 13.4. The summed E-state index contributed by atoms with van der Waals surface area (Å²) in [5.41, 5.74) is 4.47. The van der Waals surface area contributed by atoms with Crippen LogP contribution in [0, 0.1) is 13.8 Å². The van der Waals surface area contributed by atoms with Crippen LogP contribution < -0.4 is 16.0 Å². The lowest BCUT2D eigenvalue weighted by Crippen LogP contribution is -2.30. The molecule has 42 heavy (non-hydrogen) atoms. The molecule has 0 heterocycles. The zero-order valence-electron chi connectivity index (χ0n) is 23.6. The van der Waals surface area contributed by atoms with Crippen molar-refractivity contribution in [3.8, 4) is 0 Å². The van der Waals surface area contributed by atoms with E-state index in [0.29, 0.717) is 28.4 Å². The fourth-order valence-electron chi connectivity index (χ4n) is 4.09. The van der Waals surface area contributed by atoms with Crippen molar-refractivity contribution in [2.75, 3.05) is 10.6 Å². The Labute approximate surface area is 255 Å². The smallest absolute Gasteiger partial charge is 0.272 e. The number of benzene rings is 4. The monoisotopic (exact) mass is 597 g/mol. The Balaban J connectivity index is 1.50. The van der Waals surface area contributed by atoms with Gasteiger partial charge >= 0.3 is 0 Å². The summed E-state index contributed by atoms with van der Waals surface area (Å²) in [7, 11) is 0. The fourth-order valence-corrected chi connectivity index (χ4v) is 5.29. The first-order chi connectivity index (χ1) is 20.2. The third-order valence-corrected chi connectivity index (χ3v) is 8.12. The summed E-state index contributed by atoms with van der Waals surface area (Å²) < 4.78 is 0. The summed E-state index contributed by atoms with van der Waals surface area (Å²) in [5.74, 6) is -0.992. The van der Waals surface area contributed by atoms with Crippen molar-refractivity contribution in [2.24, 2.45) is 0 Å². The molecule has 0 aliphatic carbocycles. The molecule has 1 atom stereocenters. The van der Waals surface area contributed by atoms with Crippen molar-refractivity contribution in [1.82, 2.24) is 5.32 Å². The van der Waals surface area contributed by atoms with Crippen LogP contribution in [0.4, 0.5) is 11.4 Å². The van der Waals surface area contributed by atoms with Crippen LogP contribution in [0.25, 0.3) is 6.08 Å². The summed E-state index contributed by atoms with van der Waals surface area (Å²) in [4.78, 5) is 40.2. The first-order valence-corrected chi connectivity index (χ1v) is 14.8. The molecule has 8 heteroatoms. The average molecular weight is 598 g/mol. The Kier molecular flexibility index (Phi) is 10.6. The molecule has 3 N–H and O–H groups in total. The lowest BCUT2D eigenvalue weighted by atomic mass is 10.1. The van der Waals surface area contributed by atoms with Crippen molar-refractivity contribution in [2.45, 2.75) is 37.3 Å². The predicted octanol–water partition coefficient (Wildman–Crippen LogP) is 7.88. The van der Waals surface area contributed by atoms with Crippen molar-refractivity contribution in [3.05, 3.63) is 130 Å². The molecule has 0 aliphatic rings. The van der Waals surface area contributed by atoms with Gasteiger partial charge < -0.3 is 16.0 Å². The molecule has 0 saturated heterocycles. The summed E-state index contributed by atoms with van der Waals surface area (Å²) in [5, 5.41) is 8.83. The van der Waals surface area contributed by atoms with E-state index in [1.54, 1.807) is 42.5 Å². The molecule has 0 bridgehead atoms. The first kappa shape index (κ1) is 30.6. The minimum absolute atomic E-state index is 0.107. The number of hydrogen-bond acceptors (Lipinski definition) is 4. The highest BCUT2D eigenvalue weighted by Crippen LogP contribution is 2.29. The van der Waals surface area contributed by atoms with E-state index in [1.165, 1.54) is 11.8 Å². The first-order valence-electron chi connectivity index (χ1n) is 13.5. The number of rotatable bonds is 10. The Morgan fingerprint density at radius 2 is 1.57 bits per heavy atom. The summed E-state index contributed by atoms with van der Waals surface area (Å²) in [6.07, 6.45) is 2.25. The molecule has 214 valence electrons. The maximum Gasteiger partial charge on any atom is 0.272 e. The van der Waals surface area contributed by atoms with Crippen molar-refractivity contribution in [1.29, 1.82) is 0 Å². The van der Waals surface area contributed by atoms with E-state index in [2.05, 4.69) is 16.0 Å². The van der Waals surface area contributed by atoms with E-state index in [4.69, 9.17) is 11.6 Å². The van der Waals surface area contributed by atoms with E-state index < -0.39 is 5.91 Å². The van der Waals surface area contributed by atoms with E-state index in [0.717, 1.165) is 21.6 Å². The quantitative estimate of drug-likeness (QED) is 0.128. The van der Waals surface area contributed by atoms with Gasteiger partial charge in [0.2, 0.25) is 5.91 Å². The fraction of sp³-hybridized carbons (Fsp3) is 0.147. The minimum Gasteiger partial charge on any atom is -0.325 e. The van der Waals surface area contributed by atoms with Crippen molar-refractivity contribution in [3.63, 3.8) is 0 Å². The van der Waals surface area contributed by atoms with Gasteiger partial charge in [-0.1, -0.05) is 78.7 Å². The maximum atomic E-state index is 13.4. The molecule has 0 aliphatic heterocycles. The third kappa shape index (κ3) is 8.59. The summed E-state index contributed by atoms with van der Waals surface area (Å²) in [6.45, 7) is 5.81. The second-order valence-corrected chi connectivity index (χ2v) is 11.4. The molecule has 0 radical (unpaired) electrons. The van der Waals surface area contributed by atoms with Crippen LogP contribution in [-0.4, -0.2) is 23.0 Å². The van der Waals surface area contributed by atoms with E-state index >= 15 is 0 Å². The lowest BCUT2D eigenvalue weighted by molar-refractivity contribution is -0.116. The number of thioether (sulfide) groups is 1. The predicted molar refractivity (Wildman–Crippen MR) is 173 cm³/mol. The third-order valence-electron chi connectivity index (χ3n) is 6.35. The molecular formula is C34H32ClN3O3S. The van der Waals surface area contributed by atoms with Crippen LogP contribution in [-0.2, 0) is 9.59 Å². The van der Waals surface area contributed by atoms with Crippen LogP contribution in [0.3, 0.4) is 0 Å². The Hall–Kier alpha value is -4.33. The van der Waals surface area contributed by atoms with Gasteiger partial charge in [-0.05, 0) is 79.9 Å². The summed E-state index contributed by atoms with van der Waals surface area (Å²) >= 11 is 7.62. The van der Waals surface area contributed by atoms with Gasteiger partial charge in [-0.3, -0.25) is 14.4 Å². The number of hydrogen-bond donors (Lipinski definition) is 3. The highest BCUT2D eigenvalue weighted by atomic mass is 35.5. The molecule has 4 aromatic carbocycles. The molecule has 3 amide bonds. The van der Waals surface area contributed by atoms with Gasteiger partial charge in [0.25, 0.3) is 11.8 Å². The van der Waals surface area contributed by atoms with Gasteiger partial charge in [0, 0.05) is 26.9 Å². The lowest BCUT2D eigenvalue weighted by Gasteiger charge is -2.16. The van der Waals surface area contributed by atoms with Gasteiger partial charge in [-0.15, -0.1) is 11.8 Å². The second-order valence-electron chi connectivity index (χ2n) is 9.74. The van der Waals surface area contributed by atoms with Gasteiger partial charge in [0.15, 0.2) is 0 Å². The standard InChI is InChI=1S/C34H32ClN3O3S/c1-4-31(34(41)37-27-17-16-23(3)29(35)21-27)42-28-15-9-14-26(20-28)36-33(40)30(19-24-11-8-10-22(2)18-24)38-32(39)25-12-6-5-7-13-25/h5-21,31H,4H2,1-3H3,(H,36,40)(H,37,41)(H,38,39)/b30-19+. The Bertz CT molecular complexity index is 1620. The average Bonchev–Trinajstić information content (AvgIpc) is 2.98. The van der Waals surface area contributed by atoms with Crippen LogP contribution in [0.15, 0.2) is 108 Å². The van der Waals surface area contributed by atoms with Crippen LogP contribution >= 0.6 is 23.4 Å². The molecule has 1 unspecified atom stereocenters. The van der Waals surface area contributed by atoms with Gasteiger partial charge in [0.1, 0.15) is 5.70 Å². The molecule has 4 rings (SSSR count). The molecule has 0 aromatic heterocycles. The van der Waals surface area contributed by atoms with Crippen LogP contribution in [0.1, 0.15) is 40.4 Å². The van der Waals surface area contributed by atoms with Crippen molar-refractivity contribution < 1.29 is 14.4 Å². The topological polar surface area (TPSA) is 87.3 Å². The van der Waals surface area contributed by atoms with Crippen LogP contribution in [0.5, 0.6) is 0 Å². The largest absolute Gasteiger partial charge is 0.325 e. The number of nitrogens with one attached hydrogen (secondary N) is 3. The van der Waals surface area contributed by atoms with Crippen LogP contribution in [0.2, 0.25) is 5.02 Å². The van der Waals surface area contributed by atoms with E-state index in [9.17, 15) is 14.4 Å². The Morgan fingerprint density at radius 3 is 2.29 bits per heavy atom. The molecular weight excluding hydrogens is 566 g/mol. The zero-order chi connectivity index (χ0) is 30.1. The van der Waals surface area contributed by atoms with Gasteiger partial charge in [0.05, 0.1) is 5.25 Å². The number of anilines is 2. The molecule has 4 aromatic rings. The number of aryl methyl sites for hydroxylation is 2. The number of amides is 3. The van der Waals surface area contributed by atoms with Crippen molar-refractivity contribution >= 4 is 58.5 Å². The molecule has 0 fully saturated rings. The number of carbonyl (C=O) groups excluding carboxylic acids is 3. The summed E-state index contributed by atoms with van der Waals surface area (Å²) in [6, 6.07) is 29.1. The van der Waals surface area contributed by atoms with Gasteiger partial charge in [-0.25, -0.2) is 0 Å². The molecule has 6 nitrogen and oxygen atoms in total. The zero-order valence-corrected chi connectivity index (χ0v) is 25.2. The highest BCUT2D eigenvalue weighted by Gasteiger charge is 2.20. The second kappa shape index (κ2) is 14.5. The minimum atomic E-state index is -0.469. The Morgan fingerprint density at radius 1 is 0.833 bits per heavy atom. The molecule has 0 saturated carbocycles. The number of halogens is 1. The SMILES string of the molecule is CCC(Sc1cccc(NC(=O)/C(=C\c2cccc(C)c2)NC(=O)c2ccccc2)c1)C(=O)Nc1ccc(C)c(Cl)c1. The highest BCUT2D eigenvalue weighted by molar-refractivity contribution is 8.00. The normalized spacial score (nSPS) is 11.9. The van der Waals surface area contributed by atoms with E-state index in [1.807, 2.05) is 81.4 Å². The number of carbonyl (C=O) groups is 3. The van der Waals surface area contributed by atoms with Gasteiger partial charge in [-0.2, -0.15) is 0 Å².